The quantitative estimate of drug-likeness (QED) is 0.363. The van der Waals surface area contributed by atoms with Crippen molar-refractivity contribution in [2.75, 3.05) is 40.0 Å². The first kappa shape index (κ1) is 26.8. The molecule has 0 amide bonds. The second-order valence-corrected chi connectivity index (χ2v) is 8.99. The molecule has 190 valence electrons. The molecule has 1 N–H and O–H groups in total. The van der Waals surface area contributed by atoms with Gasteiger partial charge in [0.15, 0.2) is 0 Å². The second kappa shape index (κ2) is 13.3. The highest BCUT2D eigenvalue weighted by atomic mass is 19.1. The highest BCUT2D eigenvalue weighted by Gasteiger charge is 2.23. The molecule has 0 saturated carbocycles. The van der Waals surface area contributed by atoms with Crippen LogP contribution in [-0.4, -0.2) is 65.9 Å². The van der Waals surface area contributed by atoms with Gasteiger partial charge in [-0.3, -0.25) is 4.90 Å². The van der Waals surface area contributed by atoms with Crippen LogP contribution in [0.25, 0.3) is 11.3 Å². The zero-order valence-corrected chi connectivity index (χ0v) is 21.0. The van der Waals surface area contributed by atoms with Gasteiger partial charge in [0, 0.05) is 46.0 Å². The third-order valence-electron chi connectivity index (χ3n) is 5.39. The number of ether oxygens (including phenoxy) is 3. The Labute approximate surface area is 207 Å². The number of aliphatic hydroxyl groups is 1. The van der Waals surface area contributed by atoms with E-state index >= 15 is 0 Å². The van der Waals surface area contributed by atoms with Crippen LogP contribution in [0.1, 0.15) is 19.4 Å². The van der Waals surface area contributed by atoms with Gasteiger partial charge in [0.05, 0.1) is 24.9 Å². The van der Waals surface area contributed by atoms with Crippen molar-refractivity contribution in [3.63, 3.8) is 0 Å². The molecule has 2 aromatic carbocycles. The van der Waals surface area contributed by atoms with E-state index in [9.17, 15) is 9.50 Å². The van der Waals surface area contributed by atoms with E-state index in [1.54, 1.807) is 23.9 Å². The summed E-state index contributed by atoms with van der Waals surface area (Å²) >= 11 is 0. The van der Waals surface area contributed by atoms with Crippen molar-refractivity contribution in [2.45, 2.75) is 26.5 Å². The molecule has 1 heterocycles. The first-order valence-electron chi connectivity index (χ1n) is 11.9. The van der Waals surface area contributed by atoms with Crippen LogP contribution in [0.4, 0.5) is 4.39 Å². The van der Waals surface area contributed by atoms with E-state index in [2.05, 4.69) is 18.7 Å². The highest BCUT2D eigenvalue weighted by Crippen LogP contribution is 2.34. The van der Waals surface area contributed by atoms with E-state index < -0.39 is 6.10 Å². The fourth-order valence-electron chi connectivity index (χ4n) is 3.73. The molecular formula is C27H36FN3O4. The standard InChI is InChI=1S/C27H36FN3O4/c1-20(2)18-34-19-23(32)16-31(14-15-33-4)17-25-26(21-8-6-5-7-9-21)29-30(3)27(25)35-24-12-10-22(28)11-13-24/h5-13,20,23,32H,14-19H2,1-4H3/t23-/m0/s1. The lowest BCUT2D eigenvalue weighted by atomic mass is 10.1. The van der Waals surface area contributed by atoms with Crippen molar-refractivity contribution in [3.05, 3.63) is 66.0 Å². The first-order valence-corrected chi connectivity index (χ1v) is 11.9. The van der Waals surface area contributed by atoms with Crippen LogP contribution in [0.3, 0.4) is 0 Å². The van der Waals surface area contributed by atoms with Crippen LogP contribution in [0.15, 0.2) is 54.6 Å². The van der Waals surface area contributed by atoms with Crippen molar-refractivity contribution in [3.8, 4) is 22.9 Å². The molecule has 0 aliphatic heterocycles. The normalized spacial score (nSPS) is 12.5. The number of halogens is 1. The Balaban J connectivity index is 1.89. The molecule has 0 bridgehead atoms. The fourth-order valence-corrected chi connectivity index (χ4v) is 3.73. The molecular weight excluding hydrogens is 449 g/mol. The van der Waals surface area contributed by atoms with Crippen LogP contribution in [-0.2, 0) is 23.1 Å². The average Bonchev–Trinajstić information content (AvgIpc) is 3.14. The maximum Gasteiger partial charge on any atom is 0.222 e. The van der Waals surface area contributed by atoms with Gasteiger partial charge in [-0.1, -0.05) is 44.2 Å². The van der Waals surface area contributed by atoms with E-state index in [1.165, 1.54) is 12.1 Å². The highest BCUT2D eigenvalue weighted by molar-refractivity contribution is 5.65. The summed E-state index contributed by atoms with van der Waals surface area (Å²) < 4.78 is 32.3. The number of benzene rings is 2. The largest absolute Gasteiger partial charge is 0.439 e. The Morgan fingerprint density at radius 1 is 1.06 bits per heavy atom. The first-order chi connectivity index (χ1) is 16.9. The molecule has 0 aliphatic rings. The summed E-state index contributed by atoms with van der Waals surface area (Å²) in [6.07, 6.45) is -0.649. The lowest BCUT2D eigenvalue weighted by molar-refractivity contribution is 0.00329. The maximum absolute atomic E-state index is 13.4. The van der Waals surface area contributed by atoms with Crippen LogP contribution >= 0.6 is 0 Å². The minimum absolute atomic E-state index is 0.263. The molecule has 3 rings (SSSR count). The van der Waals surface area contributed by atoms with E-state index in [4.69, 9.17) is 19.3 Å². The predicted molar refractivity (Wildman–Crippen MR) is 134 cm³/mol. The molecule has 0 fully saturated rings. The summed E-state index contributed by atoms with van der Waals surface area (Å²) in [5.41, 5.74) is 2.62. The second-order valence-electron chi connectivity index (χ2n) is 8.99. The Morgan fingerprint density at radius 3 is 2.43 bits per heavy atom. The third kappa shape index (κ3) is 8.14. The van der Waals surface area contributed by atoms with Gasteiger partial charge >= 0.3 is 0 Å². The van der Waals surface area contributed by atoms with Gasteiger partial charge in [-0.15, -0.1) is 0 Å². The Hall–Kier alpha value is -2.78. The molecule has 0 spiro atoms. The predicted octanol–water partition coefficient (Wildman–Crippen LogP) is 4.50. The minimum Gasteiger partial charge on any atom is -0.439 e. The van der Waals surface area contributed by atoms with Gasteiger partial charge < -0.3 is 19.3 Å². The van der Waals surface area contributed by atoms with Crippen molar-refractivity contribution in [2.24, 2.45) is 13.0 Å². The molecule has 7 nitrogen and oxygen atoms in total. The molecule has 0 radical (unpaired) electrons. The molecule has 0 saturated heterocycles. The Kier molecular flexibility index (Phi) is 10.2. The summed E-state index contributed by atoms with van der Waals surface area (Å²) in [4.78, 5) is 2.11. The van der Waals surface area contributed by atoms with Crippen LogP contribution in [0.5, 0.6) is 11.6 Å². The summed E-state index contributed by atoms with van der Waals surface area (Å²) in [6.45, 7) is 7.01. The summed E-state index contributed by atoms with van der Waals surface area (Å²) in [5.74, 6) is 1.15. The SMILES string of the molecule is COCCN(Cc1c(-c2ccccc2)nn(C)c1Oc1ccc(F)cc1)C[C@H](O)COCC(C)C. The van der Waals surface area contributed by atoms with Crippen molar-refractivity contribution in [1.82, 2.24) is 14.7 Å². The average molecular weight is 486 g/mol. The molecule has 1 aromatic heterocycles. The Morgan fingerprint density at radius 2 is 1.77 bits per heavy atom. The number of hydrogen-bond acceptors (Lipinski definition) is 6. The third-order valence-corrected chi connectivity index (χ3v) is 5.39. The Bertz CT molecular complexity index is 1020. The number of nitrogens with zero attached hydrogens (tertiary/aromatic N) is 3. The lowest BCUT2D eigenvalue weighted by Gasteiger charge is -2.25. The van der Waals surface area contributed by atoms with E-state index in [-0.39, 0.29) is 12.4 Å². The van der Waals surface area contributed by atoms with Gasteiger partial charge in [0.25, 0.3) is 0 Å². The van der Waals surface area contributed by atoms with Gasteiger partial charge in [0.2, 0.25) is 5.88 Å². The summed E-state index contributed by atoms with van der Waals surface area (Å²) in [5, 5.41) is 15.4. The van der Waals surface area contributed by atoms with E-state index in [1.807, 2.05) is 37.4 Å². The number of hydrogen-bond donors (Lipinski definition) is 1. The fraction of sp³-hybridized carbons (Fsp3) is 0.444. The van der Waals surface area contributed by atoms with E-state index in [0.717, 1.165) is 16.8 Å². The lowest BCUT2D eigenvalue weighted by Crippen LogP contribution is -2.37. The zero-order chi connectivity index (χ0) is 25.2. The molecule has 8 heteroatoms. The maximum atomic E-state index is 13.4. The monoisotopic (exact) mass is 485 g/mol. The number of aromatic nitrogens is 2. The zero-order valence-electron chi connectivity index (χ0n) is 21.0. The molecule has 0 unspecified atom stereocenters. The number of rotatable bonds is 14. The van der Waals surface area contributed by atoms with Crippen molar-refractivity contribution >= 4 is 0 Å². The summed E-state index contributed by atoms with van der Waals surface area (Å²) in [6, 6.07) is 15.8. The van der Waals surface area contributed by atoms with Crippen molar-refractivity contribution < 1.29 is 23.7 Å². The topological polar surface area (TPSA) is 69.0 Å². The molecule has 0 aliphatic carbocycles. The molecule has 35 heavy (non-hydrogen) atoms. The van der Waals surface area contributed by atoms with Gasteiger partial charge in [0.1, 0.15) is 17.3 Å². The molecule has 1 atom stereocenters. The van der Waals surface area contributed by atoms with E-state index in [0.29, 0.717) is 50.4 Å². The van der Waals surface area contributed by atoms with Crippen LogP contribution in [0.2, 0.25) is 0 Å². The van der Waals surface area contributed by atoms with Gasteiger partial charge in [-0.2, -0.15) is 5.10 Å². The number of aryl methyl sites for hydroxylation is 1. The van der Waals surface area contributed by atoms with Crippen LogP contribution < -0.4 is 4.74 Å². The summed E-state index contributed by atoms with van der Waals surface area (Å²) in [7, 11) is 3.48. The smallest absolute Gasteiger partial charge is 0.222 e. The van der Waals surface area contributed by atoms with Gasteiger partial charge in [-0.25, -0.2) is 9.07 Å². The van der Waals surface area contributed by atoms with Crippen molar-refractivity contribution in [1.29, 1.82) is 0 Å². The number of methoxy groups -OCH3 is 1. The van der Waals surface area contributed by atoms with Gasteiger partial charge in [-0.05, 0) is 30.2 Å². The number of aliphatic hydroxyl groups excluding tert-OH is 1. The molecule has 3 aromatic rings. The van der Waals surface area contributed by atoms with Crippen LogP contribution in [0, 0.1) is 11.7 Å². The minimum atomic E-state index is -0.649.